The number of carbonyl (C=O) groups excluding carboxylic acids is 1. The van der Waals surface area contributed by atoms with E-state index in [9.17, 15) is 10.1 Å². The normalized spacial score (nSPS) is 10.8. The Morgan fingerprint density at radius 2 is 1.69 bits per heavy atom. The monoisotopic (exact) mass is 506 g/mol. The number of nitrogens with zero attached hydrogens (tertiary/aromatic N) is 1. The van der Waals surface area contributed by atoms with E-state index in [4.69, 9.17) is 30.5 Å². The van der Waals surface area contributed by atoms with Crippen molar-refractivity contribution >= 4 is 29.3 Å². The number of hydrogen-bond donors (Lipinski definition) is 1. The molecule has 7 nitrogen and oxygen atoms in total. The Morgan fingerprint density at radius 1 is 0.972 bits per heavy atom. The van der Waals surface area contributed by atoms with Crippen molar-refractivity contribution in [2.75, 3.05) is 26.1 Å². The molecule has 3 aromatic carbocycles. The number of nitriles is 1. The molecule has 3 aromatic rings. The highest BCUT2D eigenvalue weighted by atomic mass is 35.5. The summed E-state index contributed by atoms with van der Waals surface area (Å²) >= 11 is 6.13. The van der Waals surface area contributed by atoms with Gasteiger partial charge in [-0.15, -0.1) is 0 Å². The Balaban J connectivity index is 1.82. The van der Waals surface area contributed by atoms with Crippen molar-refractivity contribution < 1.29 is 23.7 Å². The Hall–Kier alpha value is -4.15. The van der Waals surface area contributed by atoms with Gasteiger partial charge in [0, 0.05) is 12.1 Å². The zero-order valence-corrected chi connectivity index (χ0v) is 21.3. The lowest BCUT2D eigenvalue weighted by Crippen LogP contribution is -2.14. The van der Waals surface area contributed by atoms with Crippen molar-refractivity contribution in [1.29, 1.82) is 5.26 Å². The van der Waals surface area contributed by atoms with Crippen LogP contribution in [0.2, 0.25) is 5.02 Å². The molecule has 0 fully saturated rings. The molecule has 1 N–H and O–H groups in total. The van der Waals surface area contributed by atoms with E-state index in [2.05, 4.69) is 5.32 Å². The first kappa shape index (κ1) is 26.5. The van der Waals surface area contributed by atoms with Gasteiger partial charge >= 0.3 is 0 Å². The second-order valence-corrected chi connectivity index (χ2v) is 8.13. The van der Waals surface area contributed by atoms with E-state index in [0.29, 0.717) is 52.5 Å². The number of aryl methyl sites for hydroxylation is 1. The van der Waals surface area contributed by atoms with Crippen LogP contribution in [0.25, 0.3) is 6.08 Å². The molecule has 0 aliphatic rings. The highest BCUT2D eigenvalue weighted by Crippen LogP contribution is 2.36. The zero-order valence-electron chi connectivity index (χ0n) is 20.6. The number of carbonyl (C=O) groups is 1. The van der Waals surface area contributed by atoms with Crippen molar-refractivity contribution in [3.05, 3.63) is 81.9 Å². The fraction of sp³-hybridized carbons (Fsp3) is 0.214. The zero-order chi connectivity index (χ0) is 26.1. The largest absolute Gasteiger partial charge is 0.495 e. The number of ether oxygens (including phenoxy) is 4. The fourth-order valence-corrected chi connectivity index (χ4v) is 3.54. The van der Waals surface area contributed by atoms with E-state index >= 15 is 0 Å². The van der Waals surface area contributed by atoms with Crippen molar-refractivity contribution in [2.45, 2.75) is 20.5 Å². The fourth-order valence-electron chi connectivity index (χ4n) is 3.31. The van der Waals surface area contributed by atoms with E-state index in [1.807, 2.05) is 44.2 Å². The number of hydrogen-bond acceptors (Lipinski definition) is 6. The third-order valence-electron chi connectivity index (χ3n) is 5.18. The van der Waals surface area contributed by atoms with Crippen LogP contribution >= 0.6 is 11.6 Å². The number of rotatable bonds is 10. The Kier molecular flexibility index (Phi) is 9.20. The van der Waals surface area contributed by atoms with E-state index in [-0.39, 0.29) is 5.57 Å². The first-order valence-electron chi connectivity index (χ1n) is 11.2. The summed E-state index contributed by atoms with van der Waals surface area (Å²) in [7, 11) is 2.91. The molecule has 0 saturated carbocycles. The third-order valence-corrected chi connectivity index (χ3v) is 5.48. The van der Waals surface area contributed by atoms with Gasteiger partial charge in [-0.1, -0.05) is 47.5 Å². The molecule has 0 radical (unpaired) electrons. The molecule has 0 saturated heterocycles. The van der Waals surface area contributed by atoms with Crippen LogP contribution in [0.4, 0.5) is 5.69 Å². The number of nitrogens with one attached hydrogen (secondary N) is 1. The van der Waals surface area contributed by atoms with Crippen molar-refractivity contribution in [1.82, 2.24) is 0 Å². The summed E-state index contributed by atoms with van der Waals surface area (Å²) in [5.41, 5.74) is 3.02. The molecule has 0 aromatic heterocycles. The number of benzene rings is 3. The summed E-state index contributed by atoms with van der Waals surface area (Å²) in [5, 5.41) is 12.7. The molecule has 0 unspecified atom stereocenters. The van der Waals surface area contributed by atoms with Gasteiger partial charge in [-0.3, -0.25) is 4.79 Å². The first-order chi connectivity index (χ1) is 17.4. The molecule has 0 aliphatic carbocycles. The van der Waals surface area contributed by atoms with Gasteiger partial charge in [0.25, 0.3) is 5.91 Å². The van der Waals surface area contributed by atoms with E-state index in [1.165, 1.54) is 38.0 Å². The molecule has 0 spiro atoms. The summed E-state index contributed by atoms with van der Waals surface area (Å²) < 4.78 is 22.2. The summed E-state index contributed by atoms with van der Waals surface area (Å²) in [4.78, 5) is 12.9. The number of amides is 1. The van der Waals surface area contributed by atoms with Gasteiger partial charge in [0.1, 0.15) is 29.7 Å². The number of methoxy groups -OCH3 is 2. The summed E-state index contributed by atoms with van der Waals surface area (Å²) in [5.74, 6) is 1.16. The van der Waals surface area contributed by atoms with Crippen LogP contribution in [0.1, 0.15) is 23.6 Å². The molecule has 0 bridgehead atoms. The topological polar surface area (TPSA) is 89.8 Å². The van der Waals surface area contributed by atoms with Gasteiger partial charge in [0.2, 0.25) is 0 Å². The van der Waals surface area contributed by atoms with E-state index < -0.39 is 5.91 Å². The van der Waals surface area contributed by atoms with Crippen LogP contribution in [0, 0.1) is 18.3 Å². The summed E-state index contributed by atoms with van der Waals surface area (Å²) in [6.07, 6.45) is 1.47. The quantitative estimate of drug-likeness (QED) is 0.260. The number of anilines is 1. The molecule has 36 heavy (non-hydrogen) atoms. The highest BCUT2D eigenvalue weighted by Gasteiger charge is 2.16. The van der Waals surface area contributed by atoms with Gasteiger partial charge < -0.3 is 24.3 Å². The van der Waals surface area contributed by atoms with Crippen LogP contribution < -0.4 is 24.3 Å². The summed E-state index contributed by atoms with van der Waals surface area (Å²) in [6, 6.07) is 18.3. The van der Waals surface area contributed by atoms with Gasteiger partial charge in [-0.2, -0.15) is 5.26 Å². The predicted molar refractivity (Wildman–Crippen MR) is 140 cm³/mol. The molecule has 1 amide bonds. The van der Waals surface area contributed by atoms with Gasteiger partial charge in [0.05, 0.1) is 31.5 Å². The molecule has 3 rings (SSSR count). The molecular weight excluding hydrogens is 480 g/mol. The lowest BCUT2D eigenvalue weighted by atomic mass is 10.1. The minimum Gasteiger partial charge on any atom is -0.495 e. The molecule has 0 atom stereocenters. The highest BCUT2D eigenvalue weighted by molar-refractivity contribution is 6.32. The minimum absolute atomic E-state index is 0.109. The average Bonchev–Trinajstić information content (AvgIpc) is 2.88. The third kappa shape index (κ3) is 6.71. The second-order valence-electron chi connectivity index (χ2n) is 7.72. The van der Waals surface area contributed by atoms with Crippen molar-refractivity contribution in [2.24, 2.45) is 0 Å². The maximum Gasteiger partial charge on any atom is 0.266 e. The van der Waals surface area contributed by atoms with Crippen LogP contribution in [0.15, 0.2) is 60.2 Å². The van der Waals surface area contributed by atoms with Gasteiger partial charge in [-0.05, 0) is 43.2 Å². The van der Waals surface area contributed by atoms with Crippen molar-refractivity contribution in [3.63, 3.8) is 0 Å². The van der Waals surface area contributed by atoms with Crippen LogP contribution in [-0.4, -0.2) is 26.7 Å². The molecule has 0 heterocycles. The molecule has 186 valence electrons. The van der Waals surface area contributed by atoms with E-state index in [0.717, 1.165) is 5.56 Å². The SMILES string of the molecule is CCOc1cc(/C=C(\C#N)C(=O)Nc2cc(OC)c(Cl)cc2OC)ccc1OCc1ccc(C)cc1. The van der Waals surface area contributed by atoms with Crippen molar-refractivity contribution in [3.8, 4) is 29.1 Å². The van der Waals surface area contributed by atoms with Gasteiger partial charge in [0.15, 0.2) is 11.5 Å². The van der Waals surface area contributed by atoms with Crippen LogP contribution in [0.3, 0.4) is 0 Å². The Morgan fingerprint density at radius 3 is 2.33 bits per heavy atom. The molecule has 0 aliphatic heterocycles. The molecule has 8 heteroatoms. The second kappa shape index (κ2) is 12.5. The van der Waals surface area contributed by atoms with Gasteiger partial charge in [-0.25, -0.2) is 0 Å². The van der Waals surface area contributed by atoms with Crippen LogP contribution in [-0.2, 0) is 11.4 Å². The standard InChI is InChI=1S/C28H27ClN2O5/c1-5-35-27-13-20(10-11-24(27)36-17-19-8-6-18(2)7-9-19)12-21(16-30)28(32)31-23-15-25(33-3)22(29)14-26(23)34-4/h6-15H,5,17H2,1-4H3,(H,31,32)/b21-12+. The lowest BCUT2D eigenvalue weighted by Gasteiger charge is -2.14. The number of halogens is 1. The smallest absolute Gasteiger partial charge is 0.266 e. The molecular formula is C28H27ClN2O5. The van der Waals surface area contributed by atoms with Crippen LogP contribution in [0.5, 0.6) is 23.0 Å². The average molecular weight is 507 g/mol. The predicted octanol–water partition coefficient (Wildman–Crippen LogP) is 6.19. The Labute approximate surface area is 215 Å². The maximum absolute atomic E-state index is 12.9. The first-order valence-corrected chi connectivity index (χ1v) is 11.6. The minimum atomic E-state index is -0.613. The van der Waals surface area contributed by atoms with E-state index in [1.54, 1.807) is 18.2 Å². The summed E-state index contributed by atoms with van der Waals surface area (Å²) in [6.45, 7) is 4.71. The Bertz CT molecular complexity index is 1300. The lowest BCUT2D eigenvalue weighted by molar-refractivity contribution is -0.112. The maximum atomic E-state index is 12.9.